The van der Waals surface area contributed by atoms with E-state index < -0.39 is 42.3 Å². The van der Waals surface area contributed by atoms with Crippen molar-refractivity contribution in [2.75, 3.05) is 30.0 Å². The van der Waals surface area contributed by atoms with Gasteiger partial charge in [0, 0.05) is 6.54 Å². The van der Waals surface area contributed by atoms with Gasteiger partial charge in [0.25, 0.3) is 0 Å². The number of nitro groups is 1. The lowest BCUT2D eigenvalue weighted by Gasteiger charge is -2.24. The monoisotopic (exact) mass is 310 g/mol. The summed E-state index contributed by atoms with van der Waals surface area (Å²) in [5.74, 6) is 4.25. The highest BCUT2D eigenvalue weighted by Crippen LogP contribution is 2.31. The van der Waals surface area contributed by atoms with Gasteiger partial charge in [0.05, 0.1) is 11.5 Å². The Morgan fingerprint density at radius 1 is 1.48 bits per heavy atom. The van der Waals surface area contributed by atoms with Crippen LogP contribution in [0.1, 0.15) is 5.69 Å². The zero-order valence-corrected chi connectivity index (χ0v) is 10.9. The molecule has 0 saturated heterocycles. The molecule has 0 aliphatic rings. The molecule has 0 amide bonds. The molecule has 1 aromatic rings. The number of nitrogens with zero attached hydrogens (tertiary/aromatic N) is 4. The van der Waals surface area contributed by atoms with Crippen LogP contribution in [0.5, 0.6) is 0 Å². The summed E-state index contributed by atoms with van der Waals surface area (Å²) < 4.78 is 37.7. The standard InChI is InChI=1S/C9H13F3N6O3/c1-5-6(18(20)21)7(15-8(14-5)16-13)17(2-3-19)4-9(10,11)12/h19H,2-4,13H2,1H3,(H,14,15,16). The first-order valence-corrected chi connectivity index (χ1v) is 5.61. The Kier molecular flexibility index (Phi) is 5.21. The van der Waals surface area contributed by atoms with E-state index >= 15 is 0 Å². The van der Waals surface area contributed by atoms with Crippen LogP contribution < -0.4 is 16.2 Å². The fourth-order valence-corrected chi connectivity index (χ4v) is 1.65. The fourth-order valence-electron chi connectivity index (χ4n) is 1.65. The van der Waals surface area contributed by atoms with E-state index in [-0.39, 0.29) is 11.6 Å². The number of hydrogen-bond donors (Lipinski definition) is 3. The predicted octanol–water partition coefficient (Wildman–Crippen LogP) is 0.340. The van der Waals surface area contributed by atoms with Gasteiger partial charge >= 0.3 is 11.9 Å². The molecule has 1 rings (SSSR count). The van der Waals surface area contributed by atoms with Gasteiger partial charge in [0.2, 0.25) is 11.8 Å². The molecular weight excluding hydrogens is 297 g/mol. The summed E-state index contributed by atoms with van der Waals surface area (Å²) >= 11 is 0. The average Bonchev–Trinajstić information content (AvgIpc) is 2.35. The van der Waals surface area contributed by atoms with Gasteiger partial charge < -0.3 is 10.0 Å². The Hall–Kier alpha value is -2.21. The van der Waals surface area contributed by atoms with Crippen molar-refractivity contribution in [2.24, 2.45) is 5.84 Å². The van der Waals surface area contributed by atoms with Crippen LogP contribution in [-0.2, 0) is 0 Å². The van der Waals surface area contributed by atoms with Crippen LogP contribution in [0.4, 0.5) is 30.6 Å². The second kappa shape index (κ2) is 6.49. The van der Waals surface area contributed by atoms with Crippen LogP contribution in [0.15, 0.2) is 0 Å². The first-order valence-electron chi connectivity index (χ1n) is 5.61. The van der Waals surface area contributed by atoms with Gasteiger partial charge in [-0.25, -0.2) is 10.8 Å². The molecule has 1 aromatic heterocycles. The molecule has 4 N–H and O–H groups in total. The molecule has 0 spiro atoms. The van der Waals surface area contributed by atoms with Crippen LogP contribution in [-0.4, -0.2) is 45.9 Å². The van der Waals surface area contributed by atoms with Crippen molar-refractivity contribution in [3.8, 4) is 0 Å². The van der Waals surface area contributed by atoms with Crippen LogP contribution >= 0.6 is 0 Å². The van der Waals surface area contributed by atoms with E-state index in [1.165, 1.54) is 6.92 Å². The third-order valence-electron chi connectivity index (χ3n) is 2.39. The van der Waals surface area contributed by atoms with Crippen molar-refractivity contribution in [3.63, 3.8) is 0 Å². The quantitative estimate of drug-likeness (QED) is 0.389. The number of aliphatic hydroxyl groups excluding tert-OH is 1. The smallest absolute Gasteiger partial charge is 0.395 e. The first kappa shape index (κ1) is 16.8. The molecule has 0 fully saturated rings. The molecule has 118 valence electrons. The summed E-state index contributed by atoms with van der Waals surface area (Å²) in [4.78, 5) is 17.9. The normalized spacial score (nSPS) is 11.3. The maximum absolute atomic E-state index is 12.6. The van der Waals surface area contributed by atoms with Crippen molar-refractivity contribution >= 4 is 17.5 Å². The van der Waals surface area contributed by atoms with Gasteiger partial charge in [0.15, 0.2) is 0 Å². The second-order valence-corrected chi connectivity index (χ2v) is 3.97. The number of rotatable bonds is 6. The number of halogens is 3. The molecule has 0 aliphatic heterocycles. The largest absolute Gasteiger partial charge is 0.405 e. The number of aromatic nitrogens is 2. The number of nitrogens with two attached hydrogens (primary N) is 1. The molecule has 0 saturated carbocycles. The zero-order chi connectivity index (χ0) is 16.2. The van der Waals surface area contributed by atoms with Gasteiger partial charge in [-0.2, -0.15) is 18.2 Å². The number of hydrazine groups is 1. The Morgan fingerprint density at radius 3 is 2.52 bits per heavy atom. The lowest BCUT2D eigenvalue weighted by Crippen LogP contribution is -2.37. The van der Waals surface area contributed by atoms with E-state index in [0.717, 1.165) is 0 Å². The molecule has 0 bridgehead atoms. The topological polar surface area (TPSA) is 130 Å². The van der Waals surface area contributed by atoms with E-state index in [4.69, 9.17) is 10.9 Å². The molecule has 12 heteroatoms. The first-order chi connectivity index (χ1) is 9.69. The number of alkyl halides is 3. The molecule has 0 atom stereocenters. The maximum atomic E-state index is 12.6. The molecule has 0 radical (unpaired) electrons. The van der Waals surface area contributed by atoms with Crippen LogP contribution in [0, 0.1) is 17.0 Å². The molecular formula is C9H13F3N6O3. The van der Waals surface area contributed by atoms with Crippen molar-refractivity contribution in [1.29, 1.82) is 0 Å². The SMILES string of the molecule is Cc1nc(NN)nc(N(CCO)CC(F)(F)F)c1[N+](=O)[O-]. The minimum atomic E-state index is -4.63. The molecule has 0 aromatic carbocycles. The highest BCUT2D eigenvalue weighted by Gasteiger charge is 2.35. The van der Waals surface area contributed by atoms with Crippen molar-refractivity contribution < 1.29 is 23.2 Å². The average molecular weight is 310 g/mol. The number of aryl methyl sites for hydroxylation is 1. The van der Waals surface area contributed by atoms with Crippen LogP contribution in [0.3, 0.4) is 0 Å². The van der Waals surface area contributed by atoms with E-state index in [1.807, 2.05) is 5.43 Å². The molecule has 9 nitrogen and oxygen atoms in total. The Morgan fingerprint density at radius 2 is 2.10 bits per heavy atom. The van der Waals surface area contributed by atoms with Crippen LogP contribution in [0.2, 0.25) is 0 Å². The van der Waals surface area contributed by atoms with Gasteiger partial charge in [0.1, 0.15) is 12.2 Å². The van der Waals surface area contributed by atoms with Crippen molar-refractivity contribution in [3.05, 3.63) is 15.8 Å². The van der Waals surface area contributed by atoms with Crippen molar-refractivity contribution in [2.45, 2.75) is 13.1 Å². The Balaban J connectivity index is 3.39. The Bertz CT molecular complexity index is 524. The second-order valence-electron chi connectivity index (χ2n) is 3.97. The summed E-state index contributed by atoms with van der Waals surface area (Å²) in [7, 11) is 0. The summed E-state index contributed by atoms with van der Waals surface area (Å²) in [5, 5.41) is 19.9. The van der Waals surface area contributed by atoms with Gasteiger partial charge in [-0.05, 0) is 6.92 Å². The summed E-state index contributed by atoms with van der Waals surface area (Å²) in [6, 6.07) is 0. The lowest BCUT2D eigenvalue weighted by molar-refractivity contribution is -0.385. The van der Waals surface area contributed by atoms with Gasteiger partial charge in [-0.1, -0.05) is 0 Å². The maximum Gasteiger partial charge on any atom is 0.405 e. The van der Waals surface area contributed by atoms with Gasteiger partial charge in [-0.15, -0.1) is 0 Å². The third kappa shape index (κ3) is 4.39. The third-order valence-corrected chi connectivity index (χ3v) is 2.39. The summed E-state index contributed by atoms with van der Waals surface area (Å²) in [5.41, 5.74) is 1.19. The molecule has 1 heterocycles. The zero-order valence-electron chi connectivity index (χ0n) is 10.9. The highest BCUT2D eigenvalue weighted by atomic mass is 19.4. The van der Waals surface area contributed by atoms with E-state index in [9.17, 15) is 23.3 Å². The minimum Gasteiger partial charge on any atom is -0.395 e. The lowest BCUT2D eigenvalue weighted by atomic mass is 10.3. The van der Waals surface area contributed by atoms with E-state index in [0.29, 0.717) is 4.90 Å². The summed E-state index contributed by atoms with van der Waals surface area (Å²) in [6.07, 6.45) is -4.63. The van der Waals surface area contributed by atoms with Crippen molar-refractivity contribution in [1.82, 2.24) is 9.97 Å². The Labute approximate surface area is 116 Å². The number of hydrogen-bond acceptors (Lipinski definition) is 8. The fraction of sp³-hybridized carbons (Fsp3) is 0.556. The van der Waals surface area contributed by atoms with E-state index in [1.54, 1.807) is 0 Å². The van der Waals surface area contributed by atoms with E-state index in [2.05, 4.69) is 9.97 Å². The number of anilines is 2. The number of nitrogens with one attached hydrogen (secondary N) is 1. The number of nitrogen functional groups attached to an aromatic ring is 1. The number of aliphatic hydroxyl groups is 1. The minimum absolute atomic E-state index is 0.150. The summed E-state index contributed by atoms with van der Waals surface area (Å²) in [6.45, 7) is -1.38. The van der Waals surface area contributed by atoms with Gasteiger partial charge in [-0.3, -0.25) is 15.5 Å². The molecule has 0 unspecified atom stereocenters. The predicted molar refractivity (Wildman–Crippen MR) is 66.6 cm³/mol. The van der Waals surface area contributed by atoms with Crippen LogP contribution in [0.25, 0.3) is 0 Å². The highest BCUT2D eigenvalue weighted by molar-refractivity contribution is 5.62. The molecule has 0 aliphatic carbocycles. The molecule has 21 heavy (non-hydrogen) atoms.